The van der Waals surface area contributed by atoms with Crippen LogP contribution in [0.1, 0.15) is 64.9 Å². The monoisotopic (exact) mass is 314 g/mol. The highest BCUT2D eigenvalue weighted by Gasteiger charge is 2.24. The minimum atomic E-state index is 0.247. The van der Waals surface area contributed by atoms with Gasteiger partial charge in [0.1, 0.15) is 0 Å². The van der Waals surface area contributed by atoms with Crippen LogP contribution in [0.2, 0.25) is 0 Å². The van der Waals surface area contributed by atoms with Crippen LogP contribution in [0.5, 0.6) is 0 Å². The predicted octanol–water partition coefficient (Wildman–Crippen LogP) is 4.83. The molecule has 2 nitrogen and oxygen atoms in total. The molecule has 1 aromatic carbocycles. The van der Waals surface area contributed by atoms with Gasteiger partial charge < -0.3 is 4.90 Å². The maximum atomic E-state index is 2.77. The van der Waals surface area contributed by atoms with Crippen LogP contribution in [-0.2, 0) is 5.41 Å². The molecule has 0 bridgehead atoms. The lowest BCUT2D eigenvalue weighted by Gasteiger charge is -2.40. The van der Waals surface area contributed by atoms with Gasteiger partial charge in [0.25, 0.3) is 0 Å². The molecule has 0 amide bonds. The van der Waals surface area contributed by atoms with Gasteiger partial charge in [0.05, 0.1) is 0 Å². The molecule has 2 heteroatoms. The highest BCUT2D eigenvalue weighted by atomic mass is 15.3. The average Bonchev–Trinajstić information content (AvgIpc) is 2.84. The van der Waals surface area contributed by atoms with Crippen LogP contribution >= 0.6 is 0 Å². The smallest absolute Gasteiger partial charge is 0.0367 e. The van der Waals surface area contributed by atoms with Crippen molar-refractivity contribution in [2.24, 2.45) is 0 Å². The molecule has 1 saturated heterocycles. The van der Waals surface area contributed by atoms with Crippen molar-refractivity contribution in [3.63, 3.8) is 0 Å². The van der Waals surface area contributed by atoms with Gasteiger partial charge in [-0.3, -0.25) is 4.90 Å². The summed E-state index contributed by atoms with van der Waals surface area (Å²) in [6.07, 6.45) is 8.66. The van der Waals surface area contributed by atoms with Gasteiger partial charge in [0.2, 0.25) is 0 Å². The van der Waals surface area contributed by atoms with Crippen molar-refractivity contribution in [2.75, 3.05) is 31.1 Å². The van der Waals surface area contributed by atoms with Crippen LogP contribution in [0.3, 0.4) is 0 Å². The molecule has 23 heavy (non-hydrogen) atoms. The topological polar surface area (TPSA) is 6.48 Å². The molecule has 128 valence electrons. The lowest BCUT2D eigenvalue weighted by Crippen LogP contribution is -2.50. The van der Waals surface area contributed by atoms with Crippen molar-refractivity contribution < 1.29 is 0 Å². The Morgan fingerprint density at radius 3 is 1.87 bits per heavy atom. The lowest BCUT2D eigenvalue weighted by atomic mass is 9.87. The number of rotatable bonds is 2. The van der Waals surface area contributed by atoms with E-state index in [1.54, 1.807) is 0 Å². The van der Waals surface area contributed by atoms with Crippen LogP contribution < -0.4 is 4.90 Å². The van der Waals surface area contributed by atoms with E-state index in [2.05, 4.69) is 54.8 Å². The highest BCUT2D eigenvalue weighted by Crippen LogP contribution is 2.27. The van der Waals surface area contributed by atoms with Crippen molar-refractivity contribution in [2.45, 2.75) is 70.8 Å². The molecule has 2 fully saturated rings. The fraction of sp³-hybridized carbons (Fsp3) is 0.714. The van der Waals surface area contributed by atoms with E-state index in [0.29, 0.717) is 0 Å². The van der Waals surface area contributed by atoms with Crippen molar-refractivity contribution in [3.8, 4) is 0 Å². The predicted molar refractivity (Wildman–Crippen MR) is 100 cm³/mol. The van der Waals surface area contributed by atoms with Crippen LogP contribution in [0.25, 0.3) is 0 Å². The second-order valence-electron chi connectivity index (χ2n) is 8.47. The molecule has 1 aromatic rings. The molecular weight excluding hydrogens is 280 g/mol. The molecule has 1 heterocycles. The zero-order valence-corrected chi connectivity index (χ0v) is 15.4. The van der Waals surface area contributed by atoms with Gasteiger partial charge in [-0.1, -0.05) is 58.6 Å². The van der Waals surface area contributed by atoms with Gasteiger partial charge in [-0.05, 0) is 36.0 Å². The van der Waals surface area contributed by atoms with E-state index >= 15 is 0 Å². The Hall–Kier alpha value is -1.02. The zero-order chi connectivity index (χ0) is 16.3. The molecule has 2 aliphatic rings. The molecule has 3 rings (SSSR count). The Balaban J connectivity index is 1.56. The fourth-order valence-corrected chi connectivity index (χ4v) is 4.14. The SMILES string of the molecule is CC(C)(C)c1ccc(N2CCN(C3CCCCCC3)CC2)cc1. The average molecular weight is 315 g/mol. The first-order valence-corrected chi connectivity index (χ1v) is 9.63. The van der Waals surface area contributed by atoms with Crippen molar-refractivity contribution >= 4 is 5.69 Å². The minimum absolute atomic E-state index is 0.247. The lowest BCUT2D eigenvalue weighted by molar-refractivity contribution is 0.169. The van der Waals surface area contributed by atoms with E-state index in [1.165, 1.54) is 76.0 Å². The van der Waals surface area contributed by atoms with Crippen LogP contribution in [0.4, 0.5) is 5.69 Å². The van der Waals surface area contributed by atoms with Gasteiger partial charge in [-0.2, -0.15) is 0 Å². The van der Waals surface area contributed by atoms with Crippen LogP contribution in [-0.4, -0.2) is 37.1 Å². The molecule has 1 saturated carbocycles. The number of piperazine rings is 1. The maximum absolute atomic E-state index is 2.77. The molecule has 1 aliphatic carbocycles. The molecular formula is C21H34N2. The third-order valence-corrected chi connectivity index (χ3v) is 5.75. The summed E-state index contributed by atoms with van der Waals surface area (Å²) >= 11 is 0. The summed E-state index contributed by atoms with van der Waals surface area (Å²) in [6, 6.07) is 10.1. The van der Waals surface area contributed by atoms with Gasteiger partial charge in [0.15, 0.2) is 0 Å². The van der Waals surface area contributed by atoms with E-state index in [0.717, 1.165) is 6.04 Å². The van der Waals surface area contributed by atoms with Gasteiger partial charge in [-0.25, -0.2) is 0 Å². The van der Waals surface area contributed by atoms with Gasteiger partial charge in [0, 0.05) is 37.9 Å². The largest absolute Gasteiger partial charge is 0.369 e. The molecule has 0 aromatic heterocycles. The van der Waals surface area contributed by atoms with Crippen LogP contribution in [0, 0.1) is 0 Å². The van der Waals surface area contributed by atoms with E-state index in [9.17, 15) is 0 Å². The second-order valence-corrected chi connectivity index (χ2v) is 8.47. The number of hydrogen-bond acceptors (Lipinski definition) is 2. The highest BCUT2D eigenvalue weighted by molar-refractivity contribution is 5.49. The number of nitrogens with zero attached hydrogens (tertiary/aromatic N) is 2. The normalized spacial score (nSPS) is 22.1. The first-order valence-electron chi connectivity index (χ1n) is 9.63. The summed E-state index contributed by atoms with van der Waals surface area (Å²) in [5.41, 5.74) is 3.08. The number of benzene rings is 1. The first-order chi connectivity index (χ1) is 11.0. The molecule has 0 radical (unpaired) electrons. The summed E-state index contributed by atoms with van der Waals surface area (Å²) in [5.74, 6) is 0. The fourth-order valence-electron chi connectivity index (χ4n) is 4.14. The van der Waals surface area contributed by atoms with Crippen molar-refractivity contribution in [1.82, 2.24) is 4.90 Å². The molecule has 0 spiro atoms. The molecule has 0 atom stereocenters. The summed E-state index contributed by atoms with van der Waals surface area (Å²) in [4.78, 5) is 5.34. The Kier molecular flexibility index (Phi) is 5.31. The maximum Gasteiger partial charge on any atom is 0.0367 e. The van der Waals surface area contributed by atoms with Crippen LogP contribution in [0.15, 0.2) is 24.3 Å². The first kappa shape index (κ1) is 16.8. The number of anilines is 1. The Bertz CT molecular complexity index is 470. The summed E-state index contributed by atoms with van der Waals surface area (Å²) in [5, 5.41) is 0. The van der Waals surface area contributed by atoms with E-state index in [1.807, 2.05) is 0 Å². The molecule has 0 N–H and O–H groups in total. The van der Waals surface area contributed by atoms with E-state index in [-0.39, 0.29) is 5.41 Å². The Morgan fingerprint density at radius 1 is 0.783 bits per heavy atom. The standard InChI is InChI=1S/C21H34N2/c1-21(2,3)18-10-12-20(13-11-18)23-16-14-22(15-17-23)19-8-6-4-5-7-9-19/h10-13,19H,4-9,14-17H2,1-3H3. The van der Waals surface area contributed by atoms with Crippen molar-refractivity contribution in [3.05, 3.63) is 29.8 Å². The molecule has 1 aliphatic heterocycles. The molecule has 0 unspecified atom stereocenters. The summed E-state index contributed by atoms with van der Waals surface area (Å²) in [6.45, 7) is 11.7. The summed E-state index contributed by atoms with van der Waals surface area (Å²) < 4.78 is 0. The quantitative estimate of drug-likeness (QED) is 0.722. The van der Waals surface area contributed by atoms with E-state index in [4.69, 9.17) is 0 Å². The third-order valence-electron chi connectivity index (χ3n) is 5.75. The van der Waals surface area contributed by atoms with Gasteiger partial charge >= 0.3 is 0 Å². The number of hydrogen-bond donors (Lipinski definition) is 0. The Morgan fingerprint density at radius 2 is 1.35 bits per heavy atom. The minimum Gasteiger partial charge on any atom is -0.369 e. The van der Waals surface area contributed by atoms with E-state index < -0.39 is 0 Å². The zero-order valence-electron chi connectivity index (χ0n) is 15.4. The summed E-state index contributed by atoms with van der Waals surface area (Å²) in [7, 11) is 0. The third kappa shape index (κ3) is 4.29. The van der Waals surface area contributed by atoms with Crippen molar-refractivity contribution in [1.29, 1.82) is 0 Å². The van der Waals surface area contributed by atoms with Gasteiger partial charge in [-0.15, -0.1) is 0 Å². The Labute approximate surface area is 142 Å². The second kappa shape index (κ2) is 7.25.